The van der Waals surface area contributed by atoms with E-state index in [0.717, 1.165) is 11.6 Å². The minimum Gasteiger partial charge on any atom is -0.481 e. The zero-order valence-corrected chi connectivity index (χ0v) is 15.3. The van der Waals surface area contributed by atoms with E-state index in [1.807, 2.05) is 30.3 Å². The highest BCUT2D eigenvalue weighted by Crippen LogP contribution is 2.17. The average Bonchev–Trinajstić information content (AvgIpc) is 2.67. The Morgan fingerprint density at radius 2 is 1.86 bits per heavy atom. The Morgan fingerprint density at radius 1 is 1.14 bits per heavy atom. The molecule has 2 amide bonds. The first-order valence-corrected chi connectivity index (χ1v) is 8.60. The molecule has 0 saturated heterocycles. The Bertz CT molecular complexity index is 842. The van der Waals surface area contributed by atoms with Crippen LogP contribution in [0.25, 0.3) is 0 Å². The number of carboxylic acid groups (broad SMARTS) is 1. The lowest BCUT2D eigenvalue weighted by Crippen LogP contribution is -2.39. The monoisotopic (exact) mass is 388 g/mol. The van der Waals surface area contributed by atoms with Crippen molar-refractivity contribution in [2.75, 3.05) is 12.4 Å². The average molecular weight is 388 g/mol. The third kappa shape index (κ3) is 6.39. The molecule has 0 aromatic heterocycles. The quantitative estimate of drug-likeness (QED) is 0.603. The molecule has 0 bridgehead atoms. The first kappa shape index (κ1) is 20.9. The molecule has 0 aliphatic heterocycles. The number of ether oxygens (including phenoxy) is 1. The van der Waals surface area contributed by atoms with E-state index in [0.29, 0.717) is 6.42 Å². The minimum absolute atomic E-state index is 0.0226. The van der Waals surface area contributed by atoms with Crippen LogP contribution < -0.4 is 10.6 Å². The second-order valence-corrected chi connectivity index (χ2v) is 6.10. The molecule has 0 saturated carbocycles. The number of aliphatic carboxylic acids is 1. The van der Waals surface area contributed by atoms with Crippen molar-refractivity contribution in [3.8, 4) is 0 Å². The maximum Gasteiger partial charge on any atom is 0.337 e. The summed E-state index contributed by atoms with van der Waals surface area (Å²) >= 11 is 0. The molecule has 0 aliphatic rings. The Hall–Kier alpha value is -3.42. The van der Waals surface area contributed by atoms with Gasteiger partial charge in [0.2, 0.25) is 0 Å². The van der Waals surface area contributed by atoms with Gasteiger partial charge in [-0.3, -0.25) is 4.79 Å². The van der Waals surface area contributed by atoms with Crippen molar-refractivity contribution in [3.05, 3.63) is 65.5 Å². The molecule has 2 aromatic rings. The van der Waals surface area contributed by atoms with E-state index in [-0.39, 0.29) is 24.1 Å². The molecule has 2 aromatic carbocycles. The molecule has 0 spiro atoms. The molecule has 0 radical (unpaired) electrons. The van der Waals surface area contributed by atoms with Crippen LogP contribution in [0, 0.1) is 5.82 Å². The summed E-state index contributed by atoms with van der Waals surface area (Å²) in [6.07, 6.45) is 0.548. The van der Waals surface area contributed by atoms with Crippen LogP contribution in [0.2, 0.25) is 0 Å². The van der Waals surface area contributed by atoms with Crippen LogP contribution in [-0.2, 0) is 16.0 Å². The van der Waals surface area contributed by atoms with E-state index < -0.39 is 29.8 Å². The van der Waals surface area contributed by atoms with Gasteiger partial charge in [0.15, 0.2) is 0 Å². The van der Waals surface area contributed by atoms with Crippen molar-refractivity contribution in [1.29, 1.82) is 0 Å². The predicted molar refractivity (Wildman–Crippen MR) is 101 cm³/mol. The molecule has 0 fully saturated rings. The summed E-state index contributed by atoms with van der Waals surface area (Å²) in [6, 6.07) is 11.7. The van der Waals surface area contributed by atoms with E-state index in [4.69, 9.17) is 5.11 Å². The summed E-state index contributed by atoms with van der Waals surface area (Å²) in [7, 11) is 1.18. The van der Waals surface area contributed by atoms with E-state index >= 15 is 0 Å². The van der Waals surface area contributed by atoms with Gasteiger partial charge in [-0.15, -0.1) is 0 Å². The molecule has 3 N–H and O–H groups in total. The minimum atomic E-state index is -0.968. The molecule has 1 atom stereocenters. The van der Waals surface area contributed by atoms with Crippen LogP contribution in [0.3, 0.4) is 0 Å². The van der Waals surface area contributed by atoms with Crippen LogP contribution in [0.1, 0.15) is 28.8 Å². The van der Waals surface area contributed by atoms with E-state index in [1.165, 1.54) is 19.2 Å². The van der Waals surface area contributed by atoms with Gasteiger partial charge in [0.25, 0.3) is 0 Å². The van der Waals surface area contributed by atoms with E-state index in [2.05, 4.69) is 15.4 Å². The lowest BCUT2D eigenvalue weighted by Gasteiger charge is -2.19. The van der Waals surface area contributed by atoms with Crippen LogP contribution in [-0.4, -0.2) is 36.2 Å². The van der Waals surface area contributed by atoms with Gasteiger partial charge < -0.3 is 20.5 Å². The molecule has 8 heteroatoms. The molecule has 1 unspecified atom stereocenters. The highest BCUT2D eigenvalue weighted by molar-refractivity contribution is 5.92. The van der Waals surface area contributed by atoms with Gasteiger partial charge in [-0.1, -0.05) is 30.3 Å². The Kier molecular flexibility index (Phi) is 7.50. The first-order valence-electron chi connectivity index (χ1n) is 8.60. The number of carboxylic acids is 1. The van der Waals surface area contributed by atoms with Gasteiger partial charge in [0.1, 0.15) is 5.82 Å². The van der Waals surface area contributed by atoms with E-state index in [1.54, 1.807) is 0 Å². The molecule has 28 heavy (non-hydrogen) atoms. The lowest BCUT2D eigenvalue weighted by molar-refractivity contribution is -0.137. The fraction of sp³-hybridized carbons (Fsp3) is 0.250. The number of hydrogen-bond donors (Lipinski definition) is 3. The first-order chi connectivity index (χ1) is 13.4. The highest BCUT2D eigenvalue weighted by atomic mass is 19.1. The maximum absolute atomic E-state index is 14.1. The number of amides is 2. The number of urea groups is 1. The number of nitrogens with one attached hydrogen (secondary N) is 2. The molecule has 7 nitrogen and oxygen atoms in total. The van der Waals surface area contributed by atoms with Crippen molar-refractivity contribution in [1.82, 2.24) is 5.32 Å². The van der Waals surface area contributed by atoms with Crippen molar-refractivity contribution < 1.29 is 28.6 Å². The fourth-order valence-corrected chi connectivity index (χ4v) is 2.63. The van der Waals surface area contributed by atoms with Crippen LogP contribution in [0.15, 0.2) is 48.5 Å². The number of anilines is 1. The number of rotatable bonds is 8. The van der Waals surface area contributed by atoms with Crippen LogP contribution >= 0.6 is 0 Å². The standard InChI is InChI=1S/C20H21FN2O5/c1-28-19(26)14-7-9-17(16(21)12-14)23-20(27)22-15(8-10-18(24)25)11-13-5-3-2-4-6-13/h2-7,9,12,15H,8,10-11H2,1H3,(H,24,25)(H2,22,23,27). The summed E-state index contributed by atoms with van der Waals surface area (Å²) in [5.74, 6) is -2.44. The van der Waals surface area contributed by atoms with Crippen molar-refractivity contribution in [2.45, 2.75) is 25.3 Å². The highest BCUT2D eigenvalue weighted by Gasteiger charge is 2.17. The largest absolute Gasteiger partial charge is 0.481 e. The zero-order valence-electron chi connectivity index (χ0n) is 15.3. The second-order valence-electron chi connectivity index (χ2n) is 6.10. The van der Waals surface area contributed by atoms with Gasteiger partial charge >= 0.3 is 18.0 Å². The third-order valence-electron chi connectivity index (χ3n) is 4.01. The molecule has 148 valence electrons. The Labute approximate surface area is 161 Å². The number of methoxy groups -OCH3 is 1. The van der Waals surface area contributed by atoms with Gasteiger partial charge in [0.05, 0.1) is 18.4 Å². The SMILES string of the molecule is COC(=O)c1ccc(NC(=O)NC(CCC(=O)O)Cc2ccccc2)c(F)c1. The van der Waals surface area contributed by atoms with Gasteiger partial charge in [-0.25, -0.2) is 14.0 Å². The molecular weight excluding hydrogens is 367 g/mol. The van der Waals surface area contributed by atoms with Crippen molar-refractivity contribution in [2.24, 2.45) is 0 Å². The van der Waals surface area contributed by atoms with Gasteiger partial charge in [0, 0.05) is 12.5 Å². The van der Waals surface area contributed by atoms with Crippen LogP contribution in [0.4, 0.5) is 14.9 Å². The Morgan fingerprint density at radius 3 is 2.46 bits per heavy atom. The summed E-state index contributed by atoms with van der Waals surface area (Å²) in [5.41, 5.74) is 0.850. The number of esters is 1. The van der Waals surface area contributed by atoms with Crippen molar-refractivity contribution in [3.63, 3.8) is 0 Å². The number of halogens is 1. The molecule has 2 rings (SSSR count). The second kappa shape index (κ2) is 10.1. The lowest BCUT2D eigenvalue weighted by atomic mass is 10.0. The number of carbonyl (C=O) groups excluding carboxylic acids is 2. The van der Waals surface area contributed by atoms with Gasteiger partial charge in [-0.2, -0.15) is 0 Å². The topological polar surface area (TPSA) is 105 Å². The molecule has 0 aliphatic carbocycles. The number of hydrogen-bond acceptors (Lipinski definition) is 4. The summed E-state index contributed by atoms with van der Waals surface area (Å²) < 4.78 is 18.6. The Balaban J connectivity index is 2.03. The normalized spacial score (nSPS) is 11.4. The van der Waals surface area contributed by atoms with Crippen LogP contribution in [0.5, 0.6) is 0 Å². The zero-order chi connectivity index (χ0) is 20.5. The van der Waals surface area contributed by atoms with Gasteiger partial charge in [-0.05, 0) is 36.6 Å². The molecule has 0 heterocycles. The predicted octanol–water partition coefficient (Wildman–Crippen LogP) is 3.21. The summed E-state index contributed by atoms with van der Waals surface area (Å²) in [5, 5.41) is 14.0. The maximum atomic E-state index is 14.1. The fourth-order valence-electron chi connectivity index (χ4n) is 2.63. The van der Waals surface area contributed by atoms with Crippen molar-refractivity contribution >= 4 is 23.7 Å². The number of benzene rings is 2. The smallest absolute Gasteiger partial charge is 0.337 e. The number of carbonyl (C=O) groups is 3. The molecular formula is C20H21FN2O5. The van der Waals surface area contributed by atoms with E-state index in [9.17, 15) is 18.8 Å². The summed E-state index contributed by atoms with van der Waals surface area (Å²) in [6.45, 7) is 0. The third-order valence-corrected chi connectivity index (χ3v) is 4.01. The summed E-state index contributed by atoms with van der Waals surface area (Å²) in [4.78, 5) is 34.5.